The number of benzene rings is 2. The Morgan fingerprint density at radius 2 is 1.05 bits per heavy atom. The fourth-order valence-electron chi connectivity index (χ4n) is 7.60. The van der Waals surface area contributed by atoms with Gasteiger partial charge in [-0.3, -0.25) is 19.0 Å². The average molecular weight is 1250 g/mol. The zero-order chi connectivity index (χ0) is 57.1. The molecule has 6 N–H and O–H groups in total. The number of fused-ring (bicyclic) bond motifs is 4. The number of aromatic amines is 2. The third kappa shape index (κ3) is 16.0. The summed E-state index contributed by atoms with van der Waals surface area (Å²) in [5, 5.41) is 19.9. The van der Waals surface area contributed by atoms with Gasteiger partial charge in [-0.1, -0.05) is 76.7 Å². The van der Waals surface area contributed by atoms with E-state index in [1.54, 1.807) is 105 Å². The number of aryl methyl sites for hydroxylation is 4. The number of hydrogen-bond donors (Lipinski definition) is 6. The van der Waals surface area contributed by atoms with Crippen LogP contribution in [-0.2, 0) is 67.7 Å². The number of aromatic nitrogens is 10. The number of aliphatic hydroxyl groups is 2. The van der Waals surface area contributed by atoms with Crippen molar-refractivity contribution in [3.8, 4) is 11.3 Å². The molecule has 0 atom stereocenters. The summed E-state index contributed by atoms with van der Waals surface area (Å²) in [6.07, 6.45) is 10.1. The van der Waals surface area contributed by atoms with E-state index < -0.39 is 31.2 Å². The molecule has 0 spiro atoms. The molecule has 0 aliphatic carbocycles. The Kier molecular flexibility index (Phi) is 22.0. The minimum Gasteiger partial charge on any atom is -0.387 e. The first kappa shape index (κ1) is 66.6. The van der Waals surface area contributed by atoms with Crippen LogP contribution in [0.15, 0.2) is 120 Å². The Morgan fingerprint density at radius 3 is 1.49 bits per heavy atom. The van der Waals surface area contributed by atoms with Crippen molar-refractivity contribution >= 4 is 100 Å². The van der Waals surface area contributed by atoms with Gasteiger partial charge in [0.15, 0.2) is 11.3 Å². The van der Waals surface area contributed by atoms with Gasteiger partial charge in [-0.2, -0.15) is 0 Å². The van der Waals surface area contributed by atoms with Gasteiger partial charge in [0.2, 0.25) is 20.0 Å². The van der Waals surface area contributed by atoms with Crippen LogP contribution >= 0.6 is 11.6 Å². The van der Waals surface area contributed by atoms with Crippen LogP contribution in [0.3, 0.4) is 0 Å². The number of hydrogen-bond acceptors (Lipinski definition) is 12. The van der Waals surface area contributed by atoms with E-state index in [4.69, 9.17) is 34.6 Å². The second kappa shape index (κ2) is 26.8. The standard InChI is InChI=1S/C24H24N6O3S.C16H17ClN4O2S.C8H7BN2O.C6H14O2.2CH3.Pd/c1-4-34(32,33)28-20-11-19(18-13-29(3)24(31)21-17(18)9-10-25-21)27-23-22(20)26-14-30(23)12-16-7-5-15(2)6-8-16;1-3-24(22,23)20-13-8-14(17)19-16-15(13)18-10-21(16)9-12-6-4-11(2)5-7-12;1-11-4-6(9)5-2-3-10-7(5)8(11)12;1-5(2,7)6(3,4)8;;;/h5-11,13-14,25H,4,12H2,1-3H3,(H,27,28);4-8,10H,3,9H2,1-2H3,(H,19,20);2-4,10H,1H3;7-8H,1-4H3;2*1H3;/q;;;;2*-1;+2. The van der Waals surface area contributed by atoms with Gasteiger partial charge in [0.25, 0.3) is 11.1 Å². The number of halogens is 1. The van der Waals surface area contributed by atoms with Crippen molar-refractivity contribution in [2.75, 3.05) is 20.9 Å². The van der Waals surface area contributed by atoms with Gasteiger partial charge >= 0.3 is 20.4 Å². The van der Waals surface area contributed by atoms with Crippen LogP contribution in [0, 0.1) is 28.7 Å². The van der Waals surface area contributed by atoms with Crippen molar-refractivity contribution in [1.29, 1.82) is 0 Å². The molecule has 2 aromatic carbocycles. The Hall–Kier alpha value is -6.90. The molecule has 0 aliphatic heterocycles. The van der Waals surface area contributed by atoms with Gasteiger partial charge in [-0.15, -0.1) is 0 Å². The quantitative estimate of drug-likeness (QED) is 0.0391. The fraction of sp³-hybridized carbons (Fsp3) is 0.286. The van der Waals surface area contributed by atoms with E-state index in [0.717, 1.165) is 16.5 Å². The Morgan fingerprint density at radius 1 is 0.642 bits per heavy atom. The smallest absolute Gasteiger partial charge is 0.387 e. The number of anilines is 2. The first-order chi connectivity index (χ1) is 36.6. The van der Waals surface area contributed by atoms with E-state index in [1.165, 1.54) is 26.3 Å². The van der Waals surface area contributed by atoms with Gasteiger partial charge in [-0.05, 0) is 90.1 Å². The van der Waals surface area contributed by atoms with E-state index in [1.807, 2.05) is 77.6 Å². The van der Waals surface area contributed by atoms with E-state index in [-0.39, 0.29) is 63.1 Å². The summed E-state index contributed by atoms with van der Waals surface area (Å²) in [5.41, 5.74) is 7.91. The molecule has 0 unspecified atom stereocenters. The van der Waals surface area contributed by atoms with E-state index in [0.29, 0.717) is 79.9 Å². The summed E-state index contributed by atoms with van der Waals surface area (Å²) < 4.78 is 60.4. The maximum atomic E-state index is 12.5. The molecule has 8 aromatic heterocycles. The number of nitrogens with one attached hydrogen (secondary N) is 4. The van der Waals surface area contributed by atoms with Crippen LogP contribution in [0.2, 0.25) is 5.15 Å². The number of pyridine rings is 4. The number of nitrogens with zero attached hydrogens (tertiary/aromatic N) is 8. The summed E-state index contributed by atoms with van der Waals surface area (Å²) >= 11 is 6.06. The van der Waals surface area contributed by atoms with Crippen molar-refractivity contribution in [3.05, 3.63) is 173 Å². The minimum atomic E-state index is -3.55. The van der Waals surface area contributed by atoms with Crippen molar-refractivity contribution in [2.45, 2.75) is 79.7 Å². The van der Waals surface area contributed by atoms with Crippen LogP contribution in [0.4, 0.5) is 11.4 Å². The topological polar surface area (TPSA) is 270 Å². The SMILES string of the molecule is CC(C)(O)C(C)(C)O.CCS(=O)(=O)Nc1cc(-c2cn(C)c(=O)c3[nH]ccc23)nc2c1ncn2Cc1ccc(C)cc1.CCS(=O)(=O)Nc1cc(Cl)nc2c1ncn2Cc1ccc(C)cc1.[B]c1cn(C)c(=O)c2[nH]ccc12.[CH3-].[CH3-].[Pd+2]. The molecular weight excluding hydrogens is 1190 g/mol. The van der Waals surface area contributed by atoms with Gasteiger partial charge < -0.3 is 53.3 Å². The third-order valence-electron chi connectivity index (χ3n) is 12.9. The predicted octanol–water partition coefficient (Wildman–Crippen LogP) is 7.69. The molecule has 0 aliphatic rings. The van der Waals surface area contributed by atoms with Crippen molar-refractivity contribution in [1.82, 2.24) is 48.2 Å². The zero-order valence-electron chi connectivity index (χ0n) is 47.2. The summed E-state index contributed by atoms with van der Waals surface area (Å²) in [4.78, 5) is 47.7. The summed E-state index contributed by atoms with van der Waals surface area (Å²) in [7, 11) is 2.07. The van der Waals surface area contributed by atoms with Crippen LogP contribution in [0.1, 0.15) is 63.8 Å². The second-order valence-electron chi connectivity index (χ2n) is 19.7. The molecule has 10 aromatic rings. The minimum absolute atomic E-state index is 0. The Bertz CT molecular complexity index is 4130. The summed E-state index contributed by atoms with van der Waals surface area (Å²) in [5.74, 6) is -0.101. The van der Waals surface area contributed by atoms with Crippen LogP contribution in [0.5, 0.6) is 0 Å². The van der Waals surface area contributed by atoms with Gasteiger partial charge in [0.1, 0.15) is 35.1 Å². The largest absolute Gasteiger partial charge is 2.00 e. The molecule has 25 heteroatoms. The molecule has 0 saturated carbocycles. The average Bonchev–Trinajstić information content (AvgIpc) is 4.22. The predicted molar refractivity (Wildman–Crippen MR) is 324 cm³/mol. The first-order valence-corrected chi connectivity index (χ1v) is 28.3. The van der Waals surface area contributed by atoms with Crippen LogP contribution in [-0.4, -0.2) is 106 Å². The van der Waals surface area contributed by atoms with Crippen molar-refractivity contribution in [2.24, 2.45) is 14.1 Å². The molecule has 0 saturated heterocycles. The number of rotatable bonds is 12. The zero-order valence-corrected chi connectivity index (χ0v) is 51.2. The summed E-state index contributed by atoms with van der Waals surface area (Å²) in [6.45, 7) is 14.6. The maximum Gasteiger partial charge on any atom is 2.00 e. The van der Waals surface area contributed by atoms with Crippen LogP contribution in [0.25, 0.3) is 55.4 Å². The van der Waals surface area contributed by atoms with Gasteiger partial charge in [0.05, 0.1) is 65.5 Å². The molecule has 0 amide bonds. The third-order valence-corrected chi connectivity index (χ3v) is 15.7. The molecule has 0 fully saturated rings. The van der Waals surface area contributed by atoms with Crippen LogP contribution < -0.4 is 26.0 Å². The van der Waals surface area contributed by atoms with Gasteiger partial charge in [0, 0.05) is 55.9 Å². The molecule has 0 bridgehead atoms. The second-order valence-corrected chi connectivity index (χ2v) is 24.1. The number of H-pyrrole nitrogens is 2. The first-order valence-electron chi connectivity index (χ1n) is 24.6. The molecule has 20 nitrogen and oxygen atoms in total. The Balaban J connectivity index is 0.000000260. The monoisotopic (exact) mass is 1250 g/mol. The maximum absolute atomic E-state index is 12.5. The summed E-state index contributed by atoms with van der Waals surface area (Å²) in [6, 6.07) is 23.1. The van der Waals surface area contributed by atoms with Gasteiger partial charge in [-0.25, -0.2) is 36.8 Å². The molecule has 8 heterocycles. The van der Waals surface area contributed by atoms with E-state index in [9.17, 15) is 26.4 Å². The molecule has 2 radical (unpaired) electrons. The normalized spacial score (nSPS) is 11.5. The van der Waals surface area contributed by atoms with E-state index >= 15 is 0 Å². The fourth-order valence-corrected chi connectivity index (χ4v) is 9.06. The molecule has 81 heavy (non-hydrogen) atoms. The number of imidazole rings is 2. The Labute approximate surface area is 492 Å². The van der Waals surface area contributed by atoms with Crippen molar-refractivity contribution < 1.29 is 47.5 Å². The molecular formula is C56H68BClN12O8PdS2. The molecule has 10 rings (SSSR count). The van der Waals surface area contributed by atoms with E-state index in [2.05, 4.69) is 34.4 Å². The molecule has 432 valence electrons. The van der Waals surface area contributed by atoms with Crippen molar-refractivity contribution in [3.63, 3.8) is 0 Å². The number of sulfonamides is 2.